The molecule has 1 atom stereocenters. The van der Waals surface area contributed by atoms with E-state index < -0.39 is 6.03 Å². The summed E-state index contributed by atoms with van der Waals surface area (Å²) in [6, 6.07) is -0.399. The first-order chi connectivity index (χ1) is 5.77. The molecule has 1 aliphatic heterocycles. The molecule has 0 aromatic rings. The fraction of sp³-hybridized carbons (Fsp3) is 0.500. The Labute approximate surface area is 70.0 Å². The standard InChI is InChI=1S/C8H10N2O2/c11-7-5-3-1-2-4-6(5)9-8(12)10-7/h4-5H,1-3H2,(H2,9,10,11,12). The molecule has 1 saturated heterocycles. The van der Waals surface area contributed by atoms with Gasteiger partial charge >= 0.3 is 6.03 Å². The van der Waals surface area contributed by atoms with Crippen LogP contribution in [0.4, 0.5) is 4.79 Å². The van der Waals surface area contributed by atoms with Gasteiger partial charge in [0.05, 0.1) is 5.92 Å². The van der Waals surface area contributed by atoms with Crippen molar-refractivity contribution >= 4 is 11.9 Å². The number of carbonyl (C=O) groups excluding carboxylic acids is 2. The Balaban J connectivity index is 2.25. The number of fused-ring (bicyclic) bond motifs is 1. The Morgan fingerprint density at radius 2 is 2.17 bits per heavy atom. The van der Waals surface area contributed by atoms with Gasteiger partial charge in [-0.2, -0.15) is 0 Å². The van der Waals surface area contributed by atoms with Crippen LogP contribution in [0.1, 0.15) is 19.3 Å². The smallest absolute Gasteiger partial charge is 0.311 e. The molecule has 2 N–H and O–H groups in total. The Hall–Kier alpha value is -1.32. The van der Waals surface area contributed by atoms with Gasteiger partial charge in [0.2, 0.25) is 5.91 Å². The van der Waals surface area contributed by atoms with Gasteiger partial charge in [-0.3, -0.25) is 10.1 Å². The molecule has 1 unspecified atom stereocenters. The summed E-state index contributed by atoms with van der Waals surface area (Å²) in [5, 5.41) is 4.89. The van der Waals surface area contributed by atoms with Gasteiger partial charge in [0.15, 0.2) is 0 Å². The first kappa shape index (κ1) is 7.34. The molecule has 4 nitrogen and oxygen atoms in total. The molecule has 64 valence electrons. The van der Waals surface area contributed by atoms with Crippen LogP contribution in [0.25, 0.3) is 0 Å². The highest BCUT2D eigenvalue weighted by atomic mass is 16.2. The van der Waals surface area contributed by atoms with Crippen molar-refractivity contribution in [3.8, 4) is 0 Å². The van der Waals surface area contributed by atoms with Gasteiger partial charge in [-0.25, -0.2) is 4.79 Å². The highest BCUT2D eigenvalue weighted by molar-refractivity contribution is 6.00. The van der Waals surface area contributed by atoms with Gasteiger partial charge in [0.25, 0.3) is 0 Å². The third kappa shape index (κ3) is 1.09. The normalized spacial score (nSPS) is 28.3. The zero-order valence-electron chi connectivity index (χ0n) is 6.59. The van der Waals surface area contributed by atoms with E-state index in [-0.39, 0.29) is 11.8 Å². The van der Waals surface area contributed by atoms with Crippen molar-refractivity contribution in [1.29, 1.82) is 0 Å². The Morgan fingerprint density at radius 1 is 1.33 bits per heavy atom. The SMILES string of the molecule is O=C1NC(=O)C2CCCC=C2N1. The van der Waals surface area contributed by atoms with E-state index in [0.29, 0.717) is 0 Å². The maximum absolute atomic E-state index is 11.2. The summed E-state index contributed by atoms with van der Waals surface area (Å²) in [6.45, 7) is 0. The molecule has 2 rings (SSSR count). The average Bonchev–Trinajstić information content (AvgIpc) is 2.04. The maximum atomic E-state index is 11.2. The molecule has 2 aliphatic rings. The lowest BCUT2D eigenvalue weighted by atomic mass is 9.90. The van der Waals surface area contributed by atoms with Gasteiger partial charge in [-0.1, -0.05) is 6.08 Å². The molecule has 0 saturated carbocycles. The third-order valence-corrected chi connectivity index (χ3v) is 2.25. The molecule has 0 aromatic heterocycles. The Kier molecular flexibility index (Phi) is 1.60. The van der Waals surface area contributed by atoms with Crippen LogP contribution in [0.5, 0.6) is 0 Å². The molecule has 0 radical (unpaired) electrons. The van der Waals surface area contributed by atoms with Crippen LogP contribution in [0.15, 0.2) is 11.8 Å². The average molecular weight is 166 g/mol. The minimum absolute atomic E-state index is 0.114. The van der Waals surface area contributed by atoms with Crippen LogP contribution in [0, 0.1) is 5.92 Å². The van der Waals surface area contributed by atoms with Crippen molar-refractivity contribution < 1.29 is 9.59 Å². The molecule has 12 heavy (non-hydrogen) atoms. The highest BCUT2D eigenvalue weighted by Crippen LogP contribution is 2.24. The van der Waals surface area contributed by atoms with Gasteiger partial charge < -0.3 is 5.32 Å². The van der Waals surface area contributed by atoms with Crippen molar-refractivity contribution in [2.45, 2.75) is 19.3 Å². The van der Waals surface area contributed by atoms with Crippen LogP contribution in [0.2, 0.25) is 0 Å². The predicted molar refractivity (Wildman–Crippen MR) is 42.1 cm³/mol. The zero-order valence-corrected chi connectivity index (χ0v) is 6.59. The summed E-state index contributed by atoms with van der Waals surface area (Å²) in [7, 11) is 0. The number of imide groups is 1. The van der Waals surface area contributed by atoms with E-state index in [0.717, 1.165) is 25.0 Å². The monoisotopic (exact) mass is 166 g/mol. The summed E-state index contributed by atoms with van der Waals surface area (Å²) < 4.78 is 0. The van der Waals surface area contributed by atoms with E-state index in [9.17, 15) is 9.59 Å². The molecular weight excluding hydrogens is 156 g/mol. The van der Waals surface area contributed by atoms with Crippen LogP contribution in [-0.2, 0) is 4.79 Å². The summed E-state index contributed by atoms with van der Waals surface area (Å²) in [6.07, 6.45) is 4.76. The second-order valence-electron chi connectivity index (χ2n) is 3.09. The first-order valence-corrected chi connectivity index (χ1v) is 4.09. The van der Waals surface area contributed by atoms with E-state index in [2.05, 4.69) is 10.6 Å². The molecule has 1 fully saturated rings. The minimum Gasteiger partial charge on any atom is -0.311 e. The van der Waals surface area contributed by atoms with Gasteiger partial charge in [-0.05, 0) is 19.3 Å². The number of hydrogen-bond acceptors (Lipinski definition) is 2. The lowest BCUT2D eigenvalue weighted by molar-refractivity contribution is -0.123. The van der Waals surface area contributed by atoms with Gasteiger partial charge in [-0.15, -0.1) is 0 Å². The zero-order chi connectivity index (χ0) is 8.55. The first-order valence-electron chi connectivity index (χ1n) is 4.09. The van der Waals surface area contributed by atoms with Crippen LogP contribution in [0.3, 0.4) is 0 Å². The van der Waals surface area contributed by atoms with Crippen LogP contribution < -0.4 is 10.6 Å². The van der Waals surface area contributed by atoms with E-state index in [1.165, 1.54) is 0 Å². The third-order valence-electron chi connectivity index (χ3n) is 2.25. The van der Waals surface area contributed by atoms with Gasteiger partial charge in [0, 0.05) is 5.70 Å². The summed E-state index contributed by atoms with van der Waals surface area (Å²) >= 11 is 0. The van der Waals surface area contributed by atoms with E-state index in [4.69, 9.17) is 0 Å². The maximum Gasteiger partial charge on any atom is 0.325 e. The lowest BCUT2D eigenvalue weighted by Crippen LogP contribution is -2.51. The van der Waals surface area contributed by atoms with Crippen molar-refractivity contribution in [3.63, 3.8) is 0 Å². The van der Waals surface area contributed by atoms with E-state index >= 15 is 0 Å². The summed E-state index contributed by atoms with van der Waals surface area (Å²) in [4.78, 5) is 22.1. The van der Waals surface area contributed by atoms with E-state index in [1.54, 1.807) is 0 Å². The molecule has 4 heteroatoms. The highest BCUT2D eigenvalue weighted by Gasteiger charge is 2.31. The molecule has 0 bridgehead atoms. The number of urea groups is 1. The Bertz CT molecular complexity index is 270. The molecule has 0 spiro atoms. The fourth-order valence-corrected chi connectivity index (χ4v) is 1.65. The Morgan fingerprint density at radius 3 is 3.00 bits per heavy atom. The van der Waals surface area contributed by atoms with Crippen molar-refractivity contribution in [2.75, 3.05) is 0 Å². The summed E-state index contributed by atoms with van der Waals surface area (Å²) in [5.74, 6) is -0.277. The van der Waals surface area contributed by atoms with Crippen molar-refractivity contribution in [3.05, 3.63) is 11.8 Å². The summed E-state index contributed by atoms with van der Waals surface area (Å²) in [5.41, 5.74) is 0.787. The second-order valence-corrected chi connectivity index (χ2v) is 3.09. The minimum atomic E-state index is -0.399. The number of carbonyl (C=O) groups is 2. The number of hydrogen-bond donors (Lipinski definition) is 2. The quantitative estimate of drug-likeness (QED) is 0.550. The number of nitrogens with one attached hydrogen (secondary N) is 2. The van der Waals surface area contributed by atoms with Crippen molar-refractivity contribution in [2.24, 2.45) is 5.92 Å². The van der Waals surface area contributed by atoms with Crippen LogP contribution >= 0.6 is 0 Å². The largest absolute Gasteiger partial charge is 0.325 e. The van der Waals surface area contributed by atoms with E-state index in [1.807, 2.05) is 6.08 Å². The molecular formula is C8H10N2O2. The van der Waals surface area contributed by atoms with Crippen molar-refractivity contribution in [1.82, 2.24) is 10.6 Å². The van der Waals surface area contributed by atoms with Gasteiger partial charge in [0.1, 0.15) is 0 Å². The predicted octanol–water partition coefficient (Wildman–Crippen LogP) is 0.510. The molecule has 1 aliphatic carbocycles. The molecule has 3 amide bonds. The number of rotatable bonds is 0. The molecule has 1 heterocycles. The van der Waals surface area contributed by atoms with Crippen LogP contribution in [-0.4, -0.2) is 11.9 Å². The lowest BCUT2D eigenvalue weighted by Gasteiger charge is -2.27. The fourth-order valence-electron chi connectivity index (χ4n) is 1.65. The number of amides is 3. The number of allylic oxidation sites excluding steroid dienone is 1. The topological polar surface area (TPSA) is 58.2 Å². The molecule has 0 aromatic carbocycles. The second kappa shape index (κ2) is 2.62.